The predicted octanol–water partition coefficient (Wildman–Crippen LogP) is 3.52. The van der Waals surface area contributed by atoms with Crippen LogP contribution in [0.4, 0.5) is 5.69 Å². The Bertz CT molecular complexity index is 640. The number of carbonyl (C=O) groups is 1. The van der Waals surface area contributed by atoms with Gasteiger partial charge in [-0.1, -0.05) is 13.0 Å². The van der Waals surface area contributed by atoms with Gasteiger partial charge in [0.25, 0.3) is 0 Å². The molecular weight excluding hydrogens is 381 g/mol. The average Bonchev–Trinajstić information content (AvgIpc) is 2.45. The molecule has 0 spiro atoms. The molecule has 0 bridgehead atoms. The summed E-state index contributed by atoms with van der Waals surface area (Å²) in [5, 5.41) is 21.6. The summed E-state index contributed by atoms with van der Waals surface area (Å²) in [4.78, 5) is 12.1. The van der Waals surface area contributed by atoms with Gasteiger partial charge in [0.15, 0.2) is 11.5 Å². The van der Waals surface area contributed by atoms with Crippen LogP contribution in [0.3, 0.4) is 0 Å². The molecule has 0 aromatic heterocycles. The fraction of sp³-hybridized carbons (Fsp3) is 0.188. The smallest absolute Gasteiger partial charge is 0.227 e. The van der Waals surface area contributed by atoms with E-state index in [4.69, 9.17) is 0 Å². The summed E-state index contributed by atoms with van der Waals surface area (Å²) in [5.41, 5.74) is 1.57. The second-order valence-electron chi connectivity index (χ2n) is 4.92. The van der Waals surface area contributed by atoms with Gasteiger partial charge in [-0.25, -0.2) is 0 Å². The van der Waals surface area contributed by atoms with Crippen LogP contribution in [-0.2, 0) is 11.2 Å². The molecule has 0 saturated carbocycles. The second-order valence-corrected chi connectivity index (χ2v) is 6.17. The third kappa shape index (κ3) is 4.35. The minimum atomic E-state index is -0.242. The zero-order valence-corrected chi connectivity index (χ0v) is 13.7. The molecule has 3 N–H and O–H groups in total. The minimum absolute atomic E-state index is 0.0798. The van der Waals surface area contributed by atoms with Crippen LogP contribution in [0.15, 0.2) is 42.5 Å². The number of aromatic hydroxyl groups is 2. The molecule has 1 unspecified atom stereocenters. The summed E-state index contributed by atoms with van der Waals surface area (Å²) in [5.74, 6) is -0.649. The highest BCUT2D eigenvalue weighted by atomic mass is 127. The van der Waals surface area contributed by atoms with Crippen LogP contribution in [0.1, 0.15) is 12.5 Å². The van der Waals surface area contributed by atoms with Crippen molar-refractivity contribution in [3.05, 3.63) is 51.6 Å². The summed E-state index contributed by atoms with van der Waals surface area (Å²) in [7, 11) is 0. The van der Waals surface area contributed by atoms with Crippen molar-refractivity contribution in [2.45, 2.75) is 13.3 Å². The Morgan fingerprint density at radius 1 is 1.14 bits per heavy atom. The molecule has 0 aliphatic carbocycles. The highest BCUT2D eigenvalue weighted by molar-refractivity contribution is 14.1. The van der Waals surface area contributed by atoms with E-state index in [0.29, 0.717) is 6.42 Å². The van der Waals surface area contributed by atoms with E-state index in [9.17, 15) is 15.0 Å². The third-order valence-corrected chi connectivity index (χ3v) is 3.86. The van der Waals surface area contributed by atoms with E-state index in [2.05, 4.69) is 27.9 Å². The van der Waals surface area contributed by atoms with Crippen molar-refractivity contribution in [2.24, 2.45) is 5.92 Å². The van der Waals surface area contributed by atoms with Crippen molar-refractivity contribution in [2.75, 3.05) is 5.32 Å². The Morgan fingerprint density at radius 2 is 1.81 bits per heavy atom. The van der Waals surface area contributed by atoms with E-state index in [0.717, 1.165) is 14.8 Å². The maximum Gasteiger partial charge on any atom is 0.227 e. The first-order valence-electron chi connectivity index (χ1n) is 6.53. The monoisotopic (exact) mass is 397 g/mol. The number of benzene rings is 2. The first-order valence-corrected chi connectivity index (χ1v) is 7.61. The molecule has 0 aliphatic rings. The summed E-state index contributed by atoms with van der Waals surface area (Å²) in [6.45, 7) is 1.83. The summed E-state index contributed by atoms with van der Waals surface area (Å²) in [6.07, 6.45) is 0.490. The zero-order valence-electron chi connectivity index (χ0n) is 11.5. The molecule has 0 saturated heterocycles. The lowest BCUT2D eigenvalue weighted by Gasteiger charge is -2.13. The lowest BCUT2D eigenvalue weighted by Crippen LogP contribution is -2.22. The average molecular weight is 397 g/mol. The van der Waals surface area contributed by atoms with Gasteiger partial charge in [0.2, 0.25) is 5.91 Å². The lowest BCUT2D eigenvalue weighted by atomic mass is 10.00. The van der Waals surface area contributed by atoms with Gasteiger partial charge in [0, 0.05) is 15.2 Å². The highest BCUT2D eigenvalue weighted by Gasteiger charge is 2.14. The van der Waals surface area contributed by atoms with Crippen LogP contribution in [0.2, 0.25) is 0 Å². The molecule has 1 atom stereocenters. The first kappa shape index (κ1) is 15.6. The number of phenolic OH excluding ortho intramolecular Hbond substituents is 2. The topological polar surface area (TPSA) is 69.6 Å². The number of hydrogen-bond donors (Lipinski definition) is 3. The molecular formula is C16H16INO3. The van der Waals surface area contributed by atoms with Crippen LogP contribution >= 0.6 is 22.6 Å². The quantitative estimate of drug-likeness (QED) is 0.546. The Labute approximate surface area is 137 Å². The van der Waals surface area contributed by atoms with Gasteiger partial charge in [0.1, 0.15) is 0 Å². The van der Waals surface area contributed by atoms with E-state index in [1.807, 2.05) is 31.2 Å². The number of phenols is 2. The van der Waals surface area contributed by atoms with Crippen LogP contribution < -0.4 is 5.32 Å². The van der Waals surface area contributed by atoms with Crippen molar-refractivity contribution in [1.82, 2.24) is 0 Å². The van der Waals surface area contributed by atoms with Gasteiger partial charge in [-0.2, -0.15) is 0 Å². The van der Waals surface area contributed by atoms with Crippen molar-refractivity contribution >= 4 is 34.2 Å². The third-order valence-electron chi connectivity index (χ3n) is 3.14. The Balaban J connectivity index is 1.98. The summed E-state index contributed by atoms with van der Waals surface area (Å²) in [6, 6.07) is 12.2. The van der Waals surface area contributed by atoms with Crippen LogP contribution in [-0.4, -0.2) is 16.1 Å². The number of carbonyl (C=O) groups excluding carboxylic acids is 1. The number of rotatable bonds is 4. The van der Waals surface area contributed by atoms with Gasteiger partial charge in [0.05, 0.1) is 0 Å². The number of amides is 1. The highest BCUT2D eigenvalue weighted by Crippen LogP contribution is 2.26. The molecule has 4 nitrogen and oxygen atoms in total. The van der Waals surface area contributed by atoms with Crippen molar-refractivity contribution in [3.8, 4) is 11.5 Å². The van der Waals surface area contributed by atoms with Gasteiger partial charge >= 0.3 is 0 Å². The Kier molecular flexibility index (Phi) is 5.06. The van der Waals surface area contributed by atoms with E-state index >= 15 is 0 Å². The van der Waals surface area contributed by atoms with Crippen molar-refractivity contribution in [3.63, 3.8) is 0 Å². The molecule has 5 heteroatoms. The van der Waals surface area contributed by atoms with E-state index in [1.165, 1.54) is 12.1 Å². The van der Waals surface area contributed by atoms with Crippen molar-refractivity contribution in [1.29, 1.82) is 0 Å². The predicted molar refractivity (Wildman–Crippen MR) is 90.4 cm³/mol. The van der Waals surface area contributed by atoms with E-state index in [-0.39, 0.29) is 23.3 Å². The van der Waals surface area contributed by atoms with Gasteiger partial charge in [-0.05, 0) is 71.0 Å². The number of nitrogens with one attached hydrogen (secondary N) is 1. The standard InChI is InChI=1S/C16H16INO3/c1-10(8-11-2-7-14(19)15(20)9-11)16(21)18-13-5-3-12(17)4-6-13/h2-7,9-10,19-20H,8H2,1H3,(H,18,21). The molecule has 0 radical (unpaired) electrons. The zero-order chi connectivity index (χ0) is 15.4. The number of hydrogen-bond acceptors (Lipinski definition) is 3. The van der Waals surface area contributed by atoms with Gasteiger partial charge in [-0.3, -0.25) is 4.79 Å². The van der Waals surface area contributed by atoms with Gasteiger partial charge in [-0.15, -0.1) is 0 Å². The number of anilines is 1. The number of halogens is 1. The Morgan fingerprint density at radius 3 is 2.43 bits per heavy atom. The molecule has 0 heterocycles. The Hall–Kier alpha value is -1.76. The summed E-state index contributed by atoms with van der Waals surface area (Å²) < 4.78 is 1.11. The molecule has 2 rings (SSSR count). The van der Waals surface area contributed by atoms with Gasteiger partial charge < -0.3 is 15.5 Å². The SMILES string of the molecule is CC(Cc1ccc(O)c(O)c1)C(=O)Nc1ccc(I)cc1. The fourth-order valence-electron chi connectivity index (χ4n) is 1.94. The maximum atomic E-state index is 12.1. The largest absolute Gasteiger partial charge is 0.504 e. The molecule has 1 amide bonds. The molecule has 0 fully saturated rings. The normalized spacial score (nSPS) is 11.9. The minimum Gasteiger partial charge on any atom is -0.504 e. The maximum absolute atomic E-state index is 12.1. The second kappa shape index (κ2) is 6.80. The molecule has 2 aromatic carbocycles. The molecule has 0 aliphatic heterocycles. The van der Waals surface area contributed by atoms with E-state index in [1.54, 1.807) is 6.07 Å². The first-order chi connectivity index (χ1) is 9.95. The van der Waals surface area contributed by atoms with Crippen LogP contribution in [0.5, 0.6) is 11.5 Å². The summed E-state index contributed by atoms with van der Waals surface area (Å²) >= 11 is 2.21. The lowest BCUT2D eigenvalue weighted by molar-refractivity contribution is -0.119. The molecule has 110 valence electrons. The van der Waals surface area contributed by atoms with E-state index < -0.39 is 0 Å². The van der Waals surface area contributed by atoms with Crippen molar-refractivity contribution < 1.29 is 15.0 Å². The molecule has 21 heavy (non-hydrogen) atoms. The fourth-order valence-corrected chi connectivity index (χ4v) is 2.30. The molecule has 2 aromatic rings. The van der Waals surface area contributed by atoms with Crippen LogP contribution in [0, 0.1) is 9.49 Å². The van der Waals surface area contributed by atoms with Crippen LogP contribution in [0.25, 0.3) is 0 Å².